The largest absolute Gasteiger partial charge is 0.399 e. The van der Waals surface area contributed by atoms with Gasteiger partial charge in [-0.2, -0.15) is 5.10 Å². The van der Waals surface area contributed by atoms with Gasteiger partial charge in [-0.25, -0.2) is 4.52 Å². The average molecular weight is 306 g/mol. The van der Waals surface area contributed by atoms with Gasteiger partial charge in [-0.1, -0.05) is 12.2 Å². The zero-order chi connectivity index (χ0) is 15.8. The summed E-state index contributed by atoms with van der Waals surface area (Å²) in [4.78, 5) is 10.7. The first kappa shape index (κ1) is 13.8. The SMILES string of the molecule is C=C1CCN(c2cc(N)cc3cc(-c4cnccn4)nn23)CC1. The van der Waals surface area contributed by atoms with Gasteiger partial charge in [-0.3, -0.25) is 9.97 Å². The number of rotatable bonds is 2. The molecule has 0 amide bonds. The van der Waals surface area contributed by atoms with Crippen LogP contribution < -0.4 is 10.6 Å². The minimum Gasteiger partial charge on any atom is -0.399 e. The molecule has 1 aliphatic rings. The van der Waals surface area contributed by atoms with E-state index in [-0.39, 0.29) is 0 Å². The first-order chi connectivity index (χ1) is 11.2. The fourth-order valence-electron chi connectivity index (χ4n) is 2.94. The van der Waals surface area contributed by atoms with Crippen molar-refractivity contribution >= 4 is 17.0 Å². The van der Waals surface area contributed by atoms with Crippen molar-refractivity contribution in [2.75, 3.05) is 23.7 Å². The topological polar surface area (TPSA) is 72.3 Å². The van der Waals surface area contributed by atoms with Crippen LogP contribution >= 0.6 is 0 Å². The van der Waals surface area contributed by atoms with Crippen LogP contribution in [0.2, 0.25) is 0 Å². The lowest BCUT2D eigenvalue weighted by atomic mass is 10.1. The Morgan fingerprint density at radius 1 is 1.04 bits per heavy atom. The second-order valence-electron chi connectivity index (χ2n) is 5.84. The van der Waals surface area contributed by atoms with Crippen LogP contribution in [0.4, 0.5) is 11.5 Å². The van der Waals surface area contributed by atoms with E-state index in [9.17, 15) is 0 Å². The van der Waals surface area contributed by atoms with Gasteiger partial charge in [0.05, 0.1) is 11.7 Å². The van der Waals surface area contributed by atoms with E-state index in [0.717, 1.165) is 54.3 Å². The Hall–Kier alpha value is -2.89. The number of hydrogen-bond donors (Lipinski definition) is 1. The minimum absolute atomic E-state index is 0.738. The van der Waals surface area contributed by atoms with Crippen LogP contribution in [0.25, 0.3) is 16.9 Å². The van der Waals surface area contributed by atoms with Crippen molar-refractivity contribution in [3.05, 3.63) is 48.9 Å². The maximum Gasteiger partial charge on any atom is 0.132 e. The van der Waals surface area contributed by atoms with Gasteiger partial charge in [0.25, 0.3) is 0 Å². The van der Waals surface area contributed by atoms with Gasteiger partial charge in [0.15, 0.2) is 0 Å². The highest BCUT2D eigenvalue weighted by Crippen LogP contribution is 2.27. The third-order valence-corrected chi connectivity index (χ3v) is 4.18. The molecule has 1 saturated heterocycles. The number of nitrogens with zero attached hydrogens (tertiary/aromatic N) is 5. The zero-order valence-electron chi connectivity index (χ0n) is 12.8. The Kier molecular flexibility index (Phi) is 3.22. The van der Waals surface area contributed by atoms with Crippen molar-refractivity contribution in [1.82, 2.24) is 19.6 Å². The van der Waals surface area contributed by atoms with Gasteiger partial charge in [0.1, 0.15) is 17.2 Å². The molecule has 0 radical (unpaired) electrons. The van der Waals surface area contributed by atoms with E-state index in [0.29, 0.717) is 0 Å². The monoisotopic (exact) mass is 306 g/mol. The third-order valence-electron chi connectivity index (χ3n) is 4.18. The minimum atomic E-state index is 0.738. The van der Waals surface area contributed by atoms with E-state index < -0.39 is 0 Å². The maximum absolute atomic E-state index is 6.09. The van der Waals surface area contributed by atoms with Crippen LogP contribution in [0.15, 0.2) is 48.9 Å². The fraction of sp³-hybridized carbons (Fsp3) is 0.235. The van der Waals surface area contributed by atoms with Crippen LogP contribution in [0.1, 0.15) is 12.8 Å². The lowest BCUT2D eigenvalue weighted by molar-refractivity contribution is 0.669. The van der Waals surface area contributed by atoms with Crippen LogP contribution in [0.3, 0.4) is 0 Å². The summed E-state index contributed by atoms with van der Waals surface area (Å²) in [6, 6.07) is 5.90. The van der Waals surface area contributed by atoms with Gasteiger partial charge in [-0.05, 0) is 25.0 Å². The maximum atomic E-state index is 6.09. The highest BCUT2D eigenvalue weighted by Gasteiger charge is 2.18. The molecule has 116 valence electrons. The normalized spacial score (nSPS) is 15.3. The molecule has 6 nitrogen and oxygen atoms in total. The van der Waals surface area contributed by atoms with Crippen LogP contribution in [-0.2, 0) is 0 Å². The molecular formula is C17H18N6. The third kappa shape index (κ3) is 2.52. The molecule has 0 aromatic carbocycles. The van der Waals surface area contributed by atoms with E-state index in [2.05, 4.69) is 21.4 Å². The van der Waals surface area contributed by atoms with E-state index in [4.69, 9.17) is 10.8 Å². The molecule has 1 fully saturated rings. The summed E-state index contributed by atoms with van der Waals surface area (Å²) in [5.74, 6) is 1.02. The van der Waals surface area contributed by atoms with Crippen molar-refractivity contribution in [2.24, 2.45) is 0 Å². The van der Waals surface area contributed by atoms with Gasteiger partial charge < -0.3 is 10.6 Å². The van der Waals surface area contributed by atoms with Gasteiger partial charge in [0.2, 0.25) is 0 Å². The summed E-state index contributed by atoms with van der Waals surface area (Å²) in [6.07, 6.45) is 7.06. The first-order valence-corrected chi connectivity index (χ1v) is 7.68. The van der Waals surface area contributed by atoms with Gasteiger partial charge in [-0.15, -0.1) is 0 Å². The predicted octanol–water partition coefficient (Wildman–Crippen LogP) is 2.53. The Balaban J connectivity index is 1.81. The van der Waals surface area contributed by atoms with Crippen molar-refractivity contribution in [3.63, 3.8) is 0 Å². The fourth-order valence-corrected chi connectivity index (χ4v) is 2.94. The number of hydrogen-bond acceptors (Lipinski definition) is 5. The van der Waals surface area contributed by atoms with Crippen molar-refractivity contribution < 1.29 is 0 Å². The second-order valence-corrected chi connectivity index (χ2v) is 5.84. The number of fused-ring (bicyclic) bond motifs is 1. The quantitative estimate of drug-likeness (QED) is 0.737. The molecule has 0 spiro atoms. The molecule has 0 saturated carbocycles. The Bertz CT molecular complexity index is 857. The van der Waals surface area contributed by atoms with Crippen molar-refractivity contribution in [1.29, 1.82) is 0 Å². The Morgan fingerprint density at radius 3 is 2.61 bits per heavy atom. The summed E-state index contributed by atoms with van der Waals surface area (Å²) >= 11 is 0. The van der Waals surface area contributed by atoms with E-state index in [1.54, 1.807) is 18.6 Å². The molecule has 3 aromatic heterocycles. The lowest BCUT2D eigenvalue weighted by Gasteiger charge is -2.30. The molecule has 2 N–H and O–H groups in total. The number of nitrogen functional groups attached to an aromatic ring is 1. The summed E-state index contributed by atoms with van der Waals surface area (Å²) in [6.45, 7) is 5.96. The highest BCUT2D eigenvalue weighted by atomic mass is 15.3. The number of piperidine rings is 1. The molecule has 6 heteroatoms. The highest BCUT2D eigenvalue weighted by molar-refractivity contribution is 5.70. The summed E-state index contributed by atoms with van der Waals surface area (Å²) in [5, 5.41) is 4.71. The van der Waals surface area contributed by atoms with E-state index in [1.807, 2.05) is 22.7 Å². The van der Waals surface area contributed by atoms with E-state index >= 15 is 0 Å². The van der Waals surface area contributed by atoms with Crippen molar-refractivity contribution in [2.45, 2.75) is 12.8 Å². The predicted molar refractivity (Wildman–Crippen MR) is 91.2 cm³/mol. The molecule has 0 unspecified atom stereocenters. The summed E-state index contributed by atoms with van der Waals surface area (Å²) in [5.41, 5.74) is 10.7. The van der Waals surface area contributed by atoms with Crippen molar-refractivity contribution in [3.8, 4) is 11.4 Å². The molecule has 3 aromatic rings. The Morgan fingerprint density at radius 2 is 1.87 bits per heavy atom. The number of anilines is 2. The molecule has 1 aliphatic heterocycles. The Labute approximate surface area is 134 Å². The molecular weight excluding hydrogens is 288 g/mol. The lowest BCUT2D eigenvalue weighted by Crippen LogP contribution is -2.32. The number of pyridine rings is 1. The molecule has 0 aliphatic carbocycles. The van der Waals surface area contributed by atoms with Crippen LogP contribution in [0, 0.1) is 0 Å². The molecule has 4 rings (SSSR count). The smallest absolute Gasteiger partial charge is 0.132 e. The van der Waals surface area contributed by atoms with Crippen LogP contribution in [-0.4, -0.2) is 32.7 Å². The standard InChI is InChI=1S/C17H18N6/c1-12-2-6-22(7-3-12)17-9-13(18)8-14-10-15(21-23(14)17)16-11-19-4-5-20-16/h4-5,8-11H,1-3,6-7,18H2. The second kappa shape index (κ2) is 5.39. The van der Waals surface area contributed by atoms with Crippen LogP contribution in [0.5, 0.6) is 0 Å². The van der Waals surface area contributed by atoms with Gasteiger partial charge in [0, 0.05) is 37.2 Å². The number of aromatic nitrogens is 4. The van der Waals surface area contributed by atoms with E-state index in [1.165, 1.54) is 5.57 Å². The first-order valence-electron chi connectivity index (χ1n) is 7.68. The zero-order valence-corrected chi connectivity index (χ0v) is 12.8. The van der Waals surface area contributed by atoms with Gasteiger partial charge >= 0.3 is 0 Å². The molecule has 0 atom stereocenters. The number of nitrogens with two attached hydrogens (primary N) is 1. The molecule has 0 bridgehead atoms. The summed E-state index contributed by atoms with van der Waals surface area (Å²) < 4.78 is 1.94. The molecule has 4 heterocycles. The average Bonchev–Trinajstić information content (AvgIpc) is 2.99. The molecule has 23 heavy (non-hydrogen) atoms. The summed E-state index contributed by atoms with van der Waals surface area (Å²) in [7, 11) is 0.